The number of ether oxygens (including phenoxy) is 1. The maximum Gasteiger partial charge on any atom is 0.248 e. The normalized spacial score (nSPS) is 20.0. The van der Waals surface area contributed by atoms with Crippen LogP contribution in [0.15, 0.2) is 53.5 Å². The molecule has 158 valence electrons. The van der Waals surface area contributed by atoms with Crippen LogP contribution >= 0.6 is 11.6 Å². The molecule has 4 rings (SSSR count). The first-order valence-corrected chi connectivity index (χ1v) is 10.5. The second-order valence-electron chi connectivity index (χ2n) is 7.44. The summed E-state index contributed by atoms with van der Waals surface area (Å²) in [5.74, 6) is 0.890. The molecule has 30 heavy (non-hydrogen) atoms. The van der Waals surface area contributed by atoms with Crippen molar-refractivity contribution < 1.29 is 14.6 Å². The van der Waals surface area contributed by atoms with Gasteiger partial charge in [-0.3, -0.25) is 10.1 Å². The smallest absolute Gasteiger partial charge is 0.248 e. The van der Waals surface area contributed by atoms with Crippen molar-refractivity contribution in [2.75, 3.05) is 26.2 Å². The van der Waals surface area contributed by atoms with E-state index in [1.807, 2.05) is 48.5 Å². The molecule has 0 aromatic heterocycles. The number of carbonyl (C=O) groups is 1. The number of hydrogen-bond acceptors (Lipinski definition) is 6. The van der Waals surface area contributed by atoms with Crippen LogP contribution in [0.25, 0.3) is 0 Å². The number of aliphatic hydroxyl groups excluding tert-OH is 1. The summed E-state index contributed by atoms with van der Waals surface area (Å²) < 4.78 is 6.04. The summed E-state index contributed by atoms with van der Waals surface area (Å²) in [5, 5.41) is 15.5. The summed E-state index contributed by atoms with van der Waals surface area (Å²) in [7, 11) is 0. The van der Waals surface area contributed by atoms with Crippen molar-refractivity contribution in [3.63, 3.8) is 0 Å². The number of piperazine rings is 1. The van der Waals surface area contributed by atoms with Crippen LogP contribution in [-0.2, 0) is 4.79 Å². The molecule has 0 bridgehead atoms. The molecule has 2 aromatic rings. The molecule has 1 saturated heterocycles. The Hall–Kier alpha value is -2.45. The van der Waals surface area contributed by atoms with Gasteiger partial charge in [-0.25, -0.2) is 4.99 Å². The van der Waals surface area contributed by atoms with Gasteiger partial charge < -0.3 is 20.1 Å². The maximum absolute atomic E-state index is 13.5. The van der Waals surface area contributed by atoms with Crippen molar-refractivity contribution in [2.45, 2.75) is 24.6 Å². The van der Waals surface area contributed by atoms with Gasteiger partial charge in [0.1, 0.15) is 11.4 Å². The molecule has 0 radical (unpaired) electrons. The summed E-state index contributed by atoms with van der Waals surface area (Å²) in [6.45, 7) is 3.96. The Kier molecular flexibility index (Phi) is 6.34. The monoisotopic (exact) mass is 428 g/mol. The molecule has 2 unspecified atom stereocenters. The molecule has 3 atom stereocenters. The van der Waals surface area contributed by atoms with E-state index in [4.69, 9.17) is 21.3 Å². The van der Waals surface area contributed by atoms with Crippen molar-refractivity contribution in [3.8, 4) is 11.5 Å². The van der Waals surface area contributed by atoms with Gasteiger partial charge in [0.05, 0.1) is 18.0 Å². The third-order valence-electron chi connectivity index (χ3n) is 5.09. The predicted octanol–water partition coefficient (Wildman–Crippen LogP) is 2.25. The number of benzene rings is 2. The van der Waals surface area contributed by atoms with Crippen LogP contribution < -0.4 is 15.4 Å². The summed E-state index contributed by atoms with van der Waals surface area (Å²) in [6.07, 6.45) is -0.943. The van der Waals surface area contributed by atoms with Crippen LogP contribution in [0.1, 0.15) is 12.5 Å². The lowest BCUT2D eigenvalue weighted by Crippen LogP contribution is -2.61. The van der Waals surface area contributed by atoms with Gasteiger partial charge in [-0.15, -0.1) is 11.6 Å². The van der Waals surface area contributed by atoms with Crippen molar-refractivity contribution in [1.29, 1.82) is 0 Å². The topological polar surface area (TPSA) is 86.2 Å². The molecule has 1 fully saturated rings. The first-order valence-electron chi connectivity index (χ1n) is 10.1. The second kappa shape index (κ2) is 9.14. The number of hydrogen-bond donors (Lipinski definition) is 3. The molecule has 3 N–H and O–H groups in total. The third kappa shape index (κ3) is 4.34. The minimum Gasteiger partial charge on any atom is -0.454 e. The van der Waals surface area contributed by atoms with E-state index in [9.17, 15) is 9.90 Å². The van der Waals surface area contributed by atoms with Crippen LogP contribution in [0.5, 0.6) is 11.5 Å². The number of para-hydroxylation sites is 3. The fourth-order valence-corrected chi connectivity index (χ4v) is 3.97. The van der Waals surface area contributed by atoms with Crippen molar-refractivity contribution in [1.82, 2.24) is 15.5 Å². The highest BCUT2D eigenvalue weighted by atomic mass is 35.5. The molecule has 7 nitrogen and oxygen atoms in total. The Labute approximate surface area is 180 Å². The number of nitrogens with zero attached hydrogens (tertiary/aromatic N) is 2. The zero-order chi connectivity index (χ0) is 21.1. The molecule has 2 aliphatic rings. The Morgan fingerprint density at radius 2 is 1.97 bits per heavy atom. The zero-order valence-corrected chi connectivity index (χ0v) is 17.5. The molecular formula is C22H25ClN4O3. The number of fused-ring (bicyclic) bond motifs is 2. The molecular weight excluding hydrogens is 404 g/mol. The molecule has 8 heteroatoms. The summed E-state index contributed by atoms with van der Waals surface area (Å²) in [4.78, 5) is 19.8. The average molecular weight is 429 g/mol. The van der Waals surface area contributed by atoms with Crippen molar-refractivity contribution >= 4 is 28.9 Å². The largest absolute Gasteiger partial charge is 0.454 e. The van der Waals surface area contributed by atoms with E-state index in [1.54, 1.807) is 11.8 Å². The fraction of sp³-hybridized carbons (Fsp3) is 0.364. The summed E-state index contributed by atoms with van der Waals surface area (Å²) in [6, 6.07) is 14.8. The van der Waals surface area contributed by atoms with Gasteiger partial charge >= 0.3 is 0 Å². The Morgan fingerprint density at radius 1 is 1.23 bits per heavy atom. The van der Waals surface area contributed by atoms with E-state index >= 15 is 0 Å². The SMILES string of the molecule is CC(O)CN(C(=O)[C@H](Cl)C1=Nc2ccccc2Oc2ccccc21)C1CNCCN1. The molecule has 2 heterocycles. The van der Waals surface area contributed by atoms with Gasteiger partial charge in [0.25, 0.3) is 0 Å². The quantitative estimate of drug-likeness (QED) is 0.636. The highest BCUT2D eigenvalue weighted by Crippen LogP contribution is 2.38. The number of rotatable bonds is 5. The average Bonchev–Trinajstić information content (AvgIpc) is 2.93. The van der Waals surface area contributed by atoms with Gasteiger partial charge in [0.15, 0.2) is 11.1 Å². The second-order valence-corrected chi connectivity index (χ2v) is 7.88. The minimum atomic E-state index is -1.04. The minimum absolute atomic E-state index is 0.170. The van der Waals surface area contributed by atoms with E-state index < -0.39 is 11.5 Å². The molecule has 2 aliphatic heterocycles. The van der Waals surface area contributed by atoms with Crippen molar-refractivity contribution in [2.24, 2.45) is 4.99 Å². The first-order chi connectivity index (χ1) is 14.5. The fourth-order valence-electron chi connectivity index (χ4n) is 3.68. The Bertz CT molecular complexity index is 943. The van der Waals surface area contributed by atoms with E-state index in [0.29, 0.717) is 35.0 Å². The van der Waals surface area contributed by atoms with Gasteiger partial charge in [0.2, 0.25) is 5.91 Å². The van der Waals surface area contributed by atoms with E-state index in [0.717, 1.165) is 13.1 Å². The standard InChI is InChI=1S/C22H25ClN4O3/c1-14(28)13-27(19-12-24-10-11-25-19)22(29)20(23)21-15-6-2-4-8-17(15)30-18-9-5-3-7-16(18)26-21/h2-9,14,19-20,24-25,28H,10-13H2,1H3/t14?,19?,20-/m1/s1. The van der Waals surface area contributed by atoms with Crippen LogP contribution in [-0.4, -0.2) is 65.5 Å². The number of aliphatic hydroxyl groups is 1. The Morgan fingerprint density at radius 3 is 2.70 bits per heavy atom. The molecule has 0 spiro atoms. The lowest BCUT2D eigenvalue weighted by atomic mass is 10.0. The number of alkyl halides is 1. The predicted molar refractivity (Wildman–Crippen MR) is 117 cm³/mol. The van der Waals surface area contributed by atoms with Crippen molar-refractivity contribution in [3.05, 3.63) is 54.1 Å². The number of carbonyl (C=O) groups excluding carboxylic acids is 1. The molecule has 0 saturated carbocycles. The third-order valence-corrected chi connectivity index (χ3v) is 5.48. The molecule has 2 aromatic carbocycles. The number of amides is 1. The van der Waals surface area contributed by atoms with Gasteiger partial charge in [-0.1, -0.05) is 24.3 Å². The number of aliphatic imine (C=N–C) groups is 1. The Balaban J connectivity index is 1.71. The van der Waals surface area contributed by atoms with E-state index in [1.165, 1.54) is 0 Å². The van der Waals surface area contributed by atoms with Gasteiger partial charge in [0, 0.05) is 31.7 Å². The van der Waals surface area contributed by atoms with Crippen LogP contribution in [0.3, 0.4) is 0 Å². The summed E-state index contributed by atoms with van der Waals surface area (Å²) in [5.41, 5.74) is 1.72. The van der Waals surface area contributed by atoms with Crippen LogP contribution in [0.4, 0.5) is 5.69 Å². The molecule has 1 amide bonds. The molecule has 0 aliphatic carbocycles. The van der Waals surface area contributed by atoms with Gasteiger partial charge in [-0.2, -0.15) is 0 Å². The van der Waals surface area contributed by atoms with E-state index in [-0.39, 0.29) is 18.6 Å². The lowest BCUT2D eigenvalue weighted by molar-refractivity contribution is -0.134. The number of halogens is 1. The lowest BCUT2D eigenvalue weighted by Gasteiger charge is -2.37. The summed E-state index contributed by atoms with van der Waals surface area (Å²) >= 11 is 6.77. The highest BCUT2D eigenvalue weighted by molar-refractivity contribution is 6.45. The van der Waals surface area contributed by atoms with Crippen LogP contribution in [0, 0.1) is 0 Å². The first kappa shape index (κ1) is 20.8. The number of nitrogens with one attached hydrogen (secondary N) is 2. The highest BCUT2D eigenvalue weighted by Gasteiger charge is 2.35. The van der Waals surface area contributed by atoms with Gasteiger partial charge in [-0.05, 0) is 31.2 Å². The maximum atomic E-state index is 13.5. The zero-order valence-electron chi connectivity index (χ0n) is 16.7. The van der Waals surface area contributed by atoms with E-state index in [2.05, 4.69) is 10.6 Å². The van der Waals surface area contributed by atoms with Crippen LogP contribution in [0.2, 0.25) is 0 Å².